The van der Waals surface area contributed by atoms with Crippen LogP contribution < -0.4 is 14.8 Å². The summed E-state index contributed by atoms with van der Waals surface area (Å²) in [5, 5.41) is 9.27. The molecule has 0 aliphatic carbocycles. The summed E-state index contributed by atoms with van der Waals surface area (Å²) in [5.41, 5.74) is 3.58. The van der Waals surface area contributed by atoms with Crippen molar-refractivity contribution in [3.63, 3.8) is 0 Å². The van der Waals surface area contributed by atoms with Crippen LogP contribution in [0.5, 0.6) is 5.75 Å². The van der Waals surface area contributed by atoms with Gasteiger partial charge in [-0.2, -0.15) is 18.9 Å². The summed E-state index contributed by atoms with van der Waals surface area (Å²) >= 11 is 1.25. The Morgan fingerprint density at radius 3 is 2.30 bits per heavy atom. The molecule has 12 heteroatoms. The molecule has 0 radical (unpaired) electrons. The van der Waals surface area contributed by atoms with Gasteiger partial charge in [0.1, 0.15) is 5.75 Å². The smallest absolute Gasteiger partial charge is 0.291 e. The second-order valence-corrected chi connectivity index (χ2v) is 13.8. The molecule has 46 heavy (non-hydrogen) atoms. The average Bonchev–Trinajstić information content (AvgIpc) is 3.79. The predicted molar refractivity (Wildman–Crippen MR) is 179 cm³/mol. The first-order chi connectivity index (χ1) is 22.4. The number of thiazole rings is 1. The molecule has 0 bridgehead atoms. The van der Waals surface area contributed by atoms with Crippen LogP contribution in [0.25, 0.3) is 40.1 Å². The zero-order valence-corrected chi connectivity index (χ0v) is 26.6. The molecule has 0 unspecified atom stereocenters. The highest BCUT2D eigenvalue weighted by Gasteiger charge is 2.26. The summed E-state index contributed by atoms with van der Waals surface area (Å²) in [6, 6.07) is 24.1. The van der Waals surface area contributed by atoms with Crippen LogP contribution >= 0.6 is 11.3 Å². The molecule has 3 aromatic heterocycles. The molecule has 0 atom stereocenters. The second-order valence-electron chi connectivity index (χ2n) is 10.9. The highest BCUT2D eigenvalue weighted by Crippen LogP contribution is 2.28. The first-order valence-electron chi connectivity index (χ1n) is 14.9. The molecular formula is C34H30N6O4S2. The molecule has 4 heterocycles. The number of ether oxygens (including phenoxy) is 1. The van der Waals surface area contributed by atoms with Crippen LogP contribution in [-0.4, -0.2) is 57.3 Å². The van der Waals surface area contributed by atoms with Crippen molar-refractivity contribution in [2.75, 3.05) is 20.2 Å². The molecule has 10 nitrogen and oxygen atoms in total. The molecule has 1 fully saturated rings. The maximum Gasteiger partial charge on any atom is 0.291 e. The number of fused-ring (bicyclic) bond motifs is 1. The van der Waals surface area contributed by atoms with Crippen molar-refractivity contribution in [3.05, 3.63) is 117 Å². The number of benzene rings is 3. The Morgan fingerprint density at radius 2 is 1.61 bits per heavy atom. The van der Waals surface area contributed by atoms with Gasteiger partial charge in [0.25, 0.3) is 5.56 Å². The minimum absolute atomic E-state index is 0.260. The number of nitrogens with zero attached hydrogens (tertiary/aromatic N) is 6. The lowest BCUT2D eigenvalue weighted by atomic mass is 10.1. The van der Waals surface area contributed by atoms with Crippen LogP contribution in [0, 0.1) is 0 Å². The fourth-order valence-corrected chi connectivity index (χ4v) is 7.84. The van der Waals surface area contributed by atoms with Gasteiger partial charge in [-0.25, -0.2) is 13.1 Å². The lowest BCUT2D eigenvalue weighted by Crippen LogP contribution is -2.35. The van der Waals surface area contributed by atoms with Gasteiger partial charge in [-0.05, 0) is 67.0 Å². The number of rotatable bonds is 8. The highest BCUT2D eigenvalue weighted by atomic mass is 32.2. The van der Waals surface area contributed by atoms with Crippen LogP contribution in [-0.2, 0) is 10.0 Å². The molecular weight excluding hydrogens is 621 g/mol. The van der Waals surface area contributed by atoms with Gasteiger partial charge in [-0.1, -0.05) is 66.3 Å². The molecule has 3 aromatic carbocycles. The van der Waals surface area contributed by atoms with Crippen LogP contribution in [0.1, 0.15) is 36.2 Å². The normalized spacial score (nSPS) is 14.8. The predicted octanol–water partition coefficient (Wildman–Crippen LogP) is 4.91. The molecule has 1 aliphatic rings. The van der Waals surface area contributed by atoms with Gasteiger partial charge < -0.3 is 4.74 Å². The van der Waals surface area contributed by atoms with Crippen LogP contribution in [0.4, 0.5) is 0 Å². The molecule has 6 aromatic rings. The third-order valence-corrected chi connectivity index (χ3v) is 10.7. The third-order valence-electron chi connectivity index (χ3n) is 7.87. The Labute approximate surface area is 269 Å². The minimum atomic E-state index is -3.56. The maximum absolute atomic E-state index is 13.4. The van der Waals surface area contributed by atoms with Gasteiger partial charge >= 0.3 is 0 Å². The van der Waals surface area contributed by atoms with Gasteiger partial charge in [-0.15, -0.1) is 5.10 Å². The molecule has 0 spiro atoms. The van der Waals surface area contributed by atoms with Gasteiger partial charge in [0.05, 0.1) is 27.9 Å². The van der Waals surface area contributed by atoms with Crippen molar-refractivity contribution >= 4 is 44.5 Å². The molecule has 1 saturated heterocycles. The van der Waals surface area contributed by atoms with E-state index in [1.54, 1.807) is 52.5 Å². The van der Waals surface area contributed by atoms with Crippen molar-refractivity contribution in [1.29, 1.82) is 0 Å². The number of aromatic nitrogens is 5. The van der Waals surface area contributed by atoms with E-state index in [1.807, 2.05) is 66.9 Å². The molecule has 0 saturated carbocycles. The maximum atomic E-state index is 13.4. The van der Waals surface area contributed by atoms with Crippen molar-refractivity contribution in [2.24, 2.45) is 0 Å². The van der Waals surface area contributed by atoms with E-state index in [0.717, 1.165) is 41.8 Å². The summed E-state index contributed by atoms with van der Waals surface area (Å²) in [7, 11) is -1.94. The number of hydrogen-bond donors (Lipinski definition) is 0. The van der Waals surface area contributed by atoms with Gasteiger partial charge in [0, 0.05) is 30.4 Å². The van der Waals surface area contributed by atoms with Crippen molar-refractivity contribution in [1.82, 2.24) is 28.7 Å². The van der Waals surface area contributed by atoms with Gasteiger partial charge in [-0.3, -0.25) is 4.79 Å². The fraction of sp³-hybridized carbons (Fsp3) is 0.176. The topological polar surface area (TPSA) is 112 Å². The third kappa shape index (κ3) is 5.89. The van der Waals surface area contributed by atoms with E-state index in [9.17, 15) is 13.2 Å². The zero-order valence-electron chi connectivity index (χ0n) is 25.0. The van der Waals surface area contributed by atoms with E-state index >= 15 is 0 Å². The Morgan fingerprint density at radius 1 is 0.870 bits per heavy atom. The van der Waals surface area contributed by atoms with Crippen LogP contribution in [0.2, 0.25) is 0 Å². The number of methoxy groups -OCH3 is 1. The summed E-state index contributed by atoms with van der Waals surface area (Å²) < 4.78 is 36.8. The fourth-order valence-electron chi connectivity index (χ4n) is 5.42. The van der Waals surface area contributed by atoms with Gasteiger partial charge in [0.15, 0.2) is 5.82 Å². The minimum Gasteiger partial charge on any atom is -0.497 e. The number of para-hydroxylation sites is 1. The molecule has 0 N–H and O–H groups in total. The standard InChI is InChI=1S/C34H30N6O4S2/c1-44-28-15-10-24(11-16-28)12-19-31-35-34-40(36-31)33(41)30(45-34)22-26-23-39(27-8-4-2-5-9-27)37-32(26)25-13-17-29(18-14-25)46(42,43)38-20-6-3-7-21-38/h2,4-5,8-19,22-23H,3,6-7,20-21H2,1H3/b19-12+,30-22-. The molecule has 1 aliphatic heterocycles. The lowest BCUT2D eigenvalue weighted by molar-refractivity contribution is 0.346. The number of sulfonamides is 1. The van der Waals surface area contributed by atoms with E-state index in [0.29, 0.717) is 39.7 Å². The van der Waals surface area contributed by atoms with E-state index in [-0.39, 0.29) is 10.5 Å². The molecule has 7 rings (SSSR count). The lowest BCUT2D eigenvalue weighted by Gasteiger charge is -2.25. The first kappa shape index (κ1) is 29.8. The number of hydrogen-bond acceptors (Lipinski definition) is 8. The van der Waals surface area contributed by atoms with Crippen molar-refractivity contribution in [3.8, 4) is 22.7 Å². The zero-order chi connectivity index (χ0) is 31.7. The summed E-state index contributed by atoms with van der Waals surface area (Å²) in [4.78, 5) is 18.7. The first-order valence-corrected chi connectivity index (χ1v) is 17.1. The van der Waals surface area contributed by atoms with E-state index in [4.69, 9.17) is 9.84 Å². The SMILES string of the molecule is COc1ccc(/C=C/c2nc3s/c(=C\c4cn(-c5ccccc5)nc4-c4ccc(S(=O)(=O)N5CCCCC5)cc4)c(=O)n3n2)cc1. The monoisotopic (exact) mass is 650 g/mol. The quantitative estimate of drug-likeness (QED) is 0.230. The van der Waals surface area contributed by atoms with Crippen LogP contribution in [0.3, 0.4) is 0 Å². The van der Waals surface area contributed by atoms with Crippen LogP contribution in [0.15, 0.2) is 94.7 Å². The number of piperidine rings is 1. The molecule has 0 amide bonds. The largest absolute Gasteiger partial charge is 0.497 e. The summed E-state index contributed by atoms with van der Waals surface area (Å²) in [5.74, 6) is 1.20. The Hall–Kier alpha value is -4.91. The van der Waals surface area contributed by atoms with Gasteiger partial charge in [0.2, 0.25) is 15.0 Å². The molecule has 232 valence electrons. The van der Waals surface area contributed by atoms with E-state index in [1.165, 1.54) is 15.9 Å². The Bertz CT molecular complexity index is 2250. The van der Waals surface area contributed by atoms with Crippen molar-refractivity contribution in [2.45, 2.75) is 24.2 Å². The van der Waals surface area contributed by atoms with Crippen molar-refractivity contribution < 1.29 is 13.2 Å². The highest BCUT2D eigenvalue weighted by molar-refractivity contribution is 7.89. The van der Waals surface area contributed by atoms with E-state index in [2.05, 4.69) is 10.1 Å². The average molecular weight is 651 g/mol. The van der Waals surface area contributed by atoms with E-state index < -0.39 is 10.0 Å². The second kappa shape index (κ2) is 12.5. The Kier molecular flexibility index (Phi) is 8.07. The summed E-state index contributed by atoms with van der Waals surface area (Å²) in [6.45, 7) is 1.09. The summed E-state index contributed by atoms with van der Waals surface area (Å²) in [6.07, 6.45) is 10.1. The Balaban J connectivity index is 1.23.